The third-order valence-electron chi connectivity index (χ3n) is 2.28. The van der Waals surface area contributed by atoms with Gasteiger partial charge < -0.3 is 5.11 Å². The minimum absolute atomic E-state index is 0.129. The number of rotatable bonds is 4. The summed E-state index contributed by atoms with van der Waals surface area (Å²) in [6.45, 7) is 4.03. The van der Waals surface area contributed by atoms with E-state index >= 15 is 0 Å². The molecular weight excluding hydrogens is 259 g/mol. The number of nitrogens with zero attached hydrogens (tertiary/aromatic N) is 1. The molecule has 6 heteroatoms. The first-order valence-corrected chi connectivity index (χ1v) is 5.67. The predicted octanol–water partition coefficient (Wildman–Crippen LogP) is 3.47. The van der Waals surface area contributed by atoms with E-state index in [-0.39, 0.29) is 11.8 Å². The summed E-state index contributed by atoms with van der Waals surface area (Å²) in [4.78, 5) is 15.2. The van der Waals surface area contributed by atoms with E-state index in [1.165, 1.54) is 12.3 Å². The van der Waals surface area contributed by atoms with Crippen LogP contribution in [0.15, 0.2) is 30.2 Å². The van der Waals surface area contributed by atoms with Gasteiger partial charge in [-0.2, -0.15) is 13.2 Å². The third kappa shape index (κ3) is 4.73. The molecule has 0 aliphatic rings. The van der Waals surface area contributed by atoms with Gasteiger partial charge in [0.2, 0.25) is 11.5 Å². The maximum absolute atomic E-state index is 12.0. The molecule has 0 unspecified atom stereocenters. The minimum Gasteiger partial charge on any atom is -0.504 e. The summed E-state index contributed by atoms with van der Waals surface area (Å²) < 4.78 is 36.1. The number of carbonyl (C=O) groups is 1. The second kappa shape index (κ2) is 5.86. The summed E-state index contributed by atoms with van der Waals surface area (Å²) in [7, 11) is 0. The fourth-order valence-corrected chi connectivity index (χ4v) is 1.44. The van der Waals surface area contributed by atoms with E-state index in [9.17, 15) is 18.0 Å². The maximum Gasteiger partial charge on any atom is 0.448 e. The van der Waals surface area contributed by atoms with Crippen LogP contribution in [0.4, 0.5) is 13.2 Å². The zero-order chi connectivity index (χ0) is 14.6. The lowest BCUT2D eigenvalue weighted by atomic mass is 10.0. The van der Waals surface area contributed by atoms with E-state index in [1.54, 1.807) is 6.07 Å². The monoisotopic (exact) mass is 273 g/mol. The van der Waals surface area contributed by atoms with Gasteiger partial charge in [0.1, 0.15) is 5.69 Å². The lowest BCUT2D eigenvalue weighted by Crippen LogP contribution is -2.13. The maximum atomic E-state index is 12.0. The molecule has 0 aromatic carbocycles. The number of hydrogen-bond donors (Lipinski definition) is 1. The Balaban J connectivity index is 2.84. The number of allylic oxidation sites excluding steroid dienone is 2. The van der Waals surface area contributed by atoms with E-state index < -0.39 is 17.7 Å². The van der Waals surface area contributed by atoms with Gasteiger partial charge in [0.15, 0.2) is 0 Å². The largest absolute Gasteiger partial charge is 0.504 e. The Bertz CT molecular complexity index is 476. The number of aliphatic hydroxyl groups is 1. The van der Waals surface area contributed by atoms with Gasteiger partial charge in [-0.15, -0.1) is 0 Å². The fraction of sp³-hybridized carbons (Fsp3) is 0.385. The molecule has 1 aromatic rings. The number of hydrogen-bond acceptors (Lipinski definition) is 3. The molecule has 1 heterocycles. The Morgan fingerprint density at radius 3 is 2.47 bits per heavy atom. The summed E-state index contributed by atoms with van der Waals surface area (Å²) in [6, 6.07) is 2.99. The lowest BCUT2D eigenvalue weighted by molar-refractivity contribution is -0.120. The molecule has 3 nitrogen and oxygen atoms in total. The number of pyridine rings is 1. The van der Waals surface area contributed by atoms with Crippen molar-refractivity contribution in [1.82, 2.24) is 4.98 Å². The third-order valence-corrected chi connectivity index (χ3v) is 2.28. The van der Waals surface area contributed by atoms with Crippen LogP contribution < -0.4 is 0 Å². The van der Waals surface area contributed by atoms with Crippen molar-refractivity contribution in [2.24, 2.45) is 5.92 Å². The average molecular weight is 273 g/mol. The molecule has 104 valence electrons. The predicted molar refractivity (Wildman–Crippen MR) is 63.9 cm³/mol. The quantitative estimate of drug-likeness (QED) is 0.519. The first-order chi connectivity index (χ1) is 8.70. The van der Waals surface area contributed by atoms with Gasteiger partial charge in [-0.25, -0.2) is 0 Å². The molecule has 0 bridgehead atoms. The Hall–Kier alpha value is -1.85. The minimum atomic E-state index is -4.92. The van der Waals surface area contributed by atoms with Crippen molar-refractivity contribution >= 4 is 5.78 Å². The van der Waals surface area contributed by atoms with Crippen molar-refractivity contribution in [3.63, 3.8) is 0 Å². The summed E-state index contributed by atoms with van der Waals surface area (Å²) >= 11 is 0. The molecule has 1 rings (SSSR count). The number of alkyl halides is 3. The van der Waals surface area contributed by atoms with E-state index in [2.05, 4.69) is 4.98 Å². The van der Waals surface area contributed by atoms with Crippen molar-refractivity contribution in [3.8, 4) is 0 Å². The molecule has 1 N–H and O–H groups in total. The highest BCUT2D eigenvalue weighted by atomic mass is 19.4. The zero-order valence-corrected chi connectivity index (χ0v) is 10.5. The fourth-order valence-electron chi connectivity index (χ4n) is 1.44. The van der Waals surface area contributed by atoms with Gasteiger partial charge in [0.25, 0.3) is 0 Å². The van der Waals surface area contributed by atoms with Crippen LogP contribution in [-0.4, -0.2) is 22.1 Å². The summed E-state index contributed by atoms with van der Waals surface area (Å²) in [5.41, 5.74) is 0.763. The summed E-state index contributed by atoms with van der Waals surface area (Å²) in [6.07, 6.45) is -2.57. The Labute approximate surface area is 108 Å². The first-order valence-electron chi connectivity index (χ1n) is 5.67. The van der Waals surface area contributed by atoms with Crippen molar-refractivity contribution in [3.05, 3.63) is 41.4 Å². The van der Waals surface area contributed by atoms with Crippen molar-refractivity contribution in [2.75, 3.05) is 0 Å². The van der Waals surface area contributed by atoms with Crippen LogP contribution in [0, 0.1) is 5.92 Å². The molecule has 0 aliphatic carbocycles. The molecule has 0 spiro atoms. The van der Waals surface area contributed by atoms with E-state index in [0.29, 0.717) is 5.92 Å². The summed E-state index contributed by atoms with van der Waals surface area (Å²) in [5, 5.41) is 8.68. The summed E-state index contributed by atoms with van der Waals surface area (Å²) in [5.74, 6) is -2.49. The first kappa shape index (κ1) is 15.2. The van der Waals surface area contributed by atoms with Gasteiger partial charge in [-0.3, -0.25) is 9.78 Å². The highest BCUT2D eigenvalue weighted by molar-refractivity contribution is 6.03. The lowest BCUT2D eigenvalue weighted by Gasteiger charge is -2.05. The van der Waals surface area contributed by atoms with Crippen LogP contribution in [0.2, 0.25) is 0 Å². The molecule has 0 radical (unpaired) electrons. The van der Waals surface area contributed by atoms with E-state index in [4.69, 9.17) is 5.11 Å². The highest BCUT2D eigenvalue weighted by Crippen LogP contribution is 2.23. The number of ketones is 1. The van der Waals surface area contributed by atoms with Crippen molar-refractivity contribution < 1.29 is 23.1 Å². The van der Waals surface area contributed by atoms with E-state index in [1.807, 2.05) is 13.8 Å². The van der Waals surface area contributed by atoms with Gasteiger partial charge in [-0.05, 0) is 24.0 Å². The average Bonchev–Trinajstić information content (AvgIpc) is 2.27. The standard InChI is InChI=1S/C13H14F3NO2/c1-8(2)5-9-3-4-10(17-7-9)11(18)6-12(19)13(14,15)16/h3-4,6-8,19H,5H2,1-2H3/b12-6-. The normalized spacial score (nSPS) is 12.8. The Kier molecular flexibility index (Phi) is 4.69. The number of carbonyl (C=O) groups excluding carboxylic acids is 1. The van der Waals surface area contributed by atoms with Crippen molar-refractivity contribution in [2.45, 2.75) is 26.4 Å². The molecule has 0 fully saturated rings. The molecule has 0 amide bonds. The Morgan fingerprint density at radius 2 is 2.05 bits per heavy atom. The van der Waals surface area contributed by atoms with Crippen LogP contribution >= 0.6 is 0 Å². The second-order valence-corrected chi connectivity index (χ2v) is 4.54. The van der Waals surface area contributed by atoms with Gasteiger partial charge in [0.05, 0.1) is 0 Å². The smallest absolute Gasteiger partial charge is 0.448 e. The molecule has 0 atom stereocenters. The zero-order valence-electron chi connectivity index (χ0n) is 10.5. The number of aromatic nitrogens is 1. The number of halogens is 3. The van der Waals surface area contributed by atoms with Gasteiger partial charge in [0, 0.05) is 12.3 Å². The molecule has 0 saturated carbocycles. The molecule has 19 heavy (non-hydrogen) atoms. The van der Waals surface area contributed by atoms with Crippen molar-refractivity contribution in [1.29, 1.82) is 0 Å². The SMILES string of the molecule is CC(C)Cc1ccc(C(=O)/C=C(\O)C(F)(F)F)nc1. The Morgan fingerprint density at radius 1 is 1.42 bits per heavy atom. The molecule has 0 aliphatic heterocycles. The van der Waals surface area contributed by atoms with Gasteiger partial charge >= 0.3 is 6.18 Å². The molecular formula is C13H14F3NO2. The van der Waals surface area contributed by atoms with Crippen LogP contribution in [0.5, 0.6) is 0 Å². The second-order valence-electron chi connectivity index (χ2n) is 4.54. The number of aliphatic hydroxyl groups excluding tert-OH is 1. The van der Waals surface area contributed by atoms with Crippen LogP contribution in [0.25, 0.3) is 0 Å². The van der Waals surface area contributed by atoms with Crippen LogP contribution in [0.3, 0.4) is 0 Å². The van der Waals surface area contributed by atoms with Gasteiger partial charge in [-0.1, -0.05) is 19.9 Å². The molecule has 0 saturated heterocycles. The topological polar surface area (TPSA) is 50.2 Å². The van der Waals surface area contributed by atoms with E-state index in [0.717, 1.165) is 12.0 Å². The van der Waals surface area contributed by atoms with Crippen LogP contribution in [-0.2, 0) is 6.42 Å². The van der Waals surface area contributed by atoms with Crippen LogP contribution in [0.1, 0.15) is 29.9 Å². The molecule has 1 aromatic heterocycles. The highest BCUT2D eigenvalue weighted by Gasteiger charge is 2.34.